The molecule has 3 aliphatic rings. The van der Waals surface area contributed by atoms with Crippen LogP contribution in [0, 0.1) is 13.8 Å². The Morgan fingerprint density at radius 2 is 1.92 bits per heavy atom. The third kappa shape index (κ3) is 4.78. The highest BCUT2D eigenvalue weighted by molar-refractivity contribution is 7.10. The molecule has 1 aromatic heterocycles. The summed E-state index contributed by atoms with van der Waals surface area (Å²) in [6.45, 7) is 5.30. The summed E-state index contributed by atoms with van der Waals surface area (Å²) >= 11 is 1.73. The van der Waals surface area contributed by atoms with Crippen molar-refractivity contribution in [3.63, 3.8) is 0 Å². The van der Waals surface area contributed by atoms with Gasteiger partial charge in [0.1, 0.15) is 18.9 Å². The van der Waals surface area contributed by atoms with Crippen LogP contribution in [0.2, 0.25) is 0 Å². The van der Waals surface area contributed by atoms with E-state index >= 15 is 0 Å². The second-order valence-corrected chi connectivity index (χ2v) is 11.0. The SMILES string of the molecule is Cc1ccc(OCC2c3ccsc3CCN2C(=O)CN(C(=O)c2ccc3c(c2)OCO3)C2CC2)c(C)c1. The van der Waals surface area contributed by atoms with Crippen LogP contribution in [0.3, 0.4) is 0 Å². The first kappa shape index (κ1) is 23.9. The fourth-order valence-electron chi connectivity index (χ4n) is 5.19. The van der Waals surface area contributed by atoms with E-state index in [4.69, 9.17) is 14.2 Å². The first-order valence-corrected chi connectivity index (χ1v) is 13.6. The van der Waals surface area contributed by atoms with Gasteiger partial charge in [-0.1, -0.05) is 17.7 Å². The van der Waals surface area contributed by atoms with Crippen molar-refractivity contribution in [3.8, 4) is 17.2 Å². The van der Waals surface area contributed by atoms with Crippen LogP contribution in [-0.2, 0) is 11.2 Å². The van der Waals surface area contributed by atoms with E-state index in [1.165, 1.54) is 10.4 Å². The maximum absolute atomic E-state index is 13.8. The molecule has 1 atom stereocenters. The molecule has 3 aromatic rings. The van der Waals surface area contributed by atoms with Crippen molar-refractivity contribution in [2.45, 2.75) is 45.2 Å². The van der Waals surface area contributed by atoms with Crippen molar-refractivity contribution in [1.82, 2.24) is 9.80 Å². The molecule has 6 rings (SSSR count). The number of hydrogen-bond donors (Lipinski definition) is 0. The number of thiophene rings is 1. The number of ether oxygens (including phenoxy) is 3. The molecule has 1 aliphatic carbocycles. The maximum Gasteiger partial charge on any atom is 0.254 e. The van der Waals surface area contributed by atoms with E-state index in [0.29, 0.717) is 30.2 Å². The lowest BCUT2D eigenvalue weighted by Gasteiger charge is -2.37. The molecule has 3 heterocycles. The zero-order valence-electron chi connectivity index (χ0n) is 21.1. The number of rotatable bonds is 7. The highest BCUT2D eigenvalue weighted by Crippen LogP contribution is 2.37. The minimum absolute atomic E-state index is 0.0490. The Morgan fingerprint density at radius 1 is 1.08 bits per heavy atom. The first-order valence-electron chi connectivity index (χ1n) is 12.7. The molecule has 1 unspecified atom stereocenters. The fourth-order valence-corrected chi connectivity index (χ4v) is 6.12. The Balaban J connectivity index is 1.21. The van der Waals surface area contributed by atoms with Crippen LogP contribution < -0.4 is 14.2 Å². The molecule has 37 heavy (non-hydrogen) atoms. The Hall–Kier alpha value is -3.52. The summed E-state index contributed by atoms with van der Waals surface area (Å²) in [6.07, 6.45) is 2.65. The Bertz CT molecular complexity index is 1350. The van der Waals surface area contributed by atoms with Gasteiger partial charge in [-0.2, -0.15) is 0 Å². The number of carbonyl (C=O) groups excluding carboxylic acids is 2. The van der Waals surface area contributed by atoms with E-state index in [2.05, 4.69) is 24.4 Å². The van der Waals surface area contributed by atoms with Gasteiger partial charge >= 0.3 is 0 Å². The molecular weight excluding hydrogens is 488 g/mol. The maximum atomic E-state index is 13.8. The molecule has 1 fully saturated rings. The van der Waals surface area contributed by atoms with Gasteiger partial charge in [0.15, 0.2) is 11.5 Å². The van der Waals surface area contributed by atoms with Crippen molar-refractivity contribution in [1.29, 1.82) is 0 Å². The summed E-state index contributed by atoms with van der Waals surface area (Å²) in [7, 11) is 0. The number of fused-ring (bicyclic) bond motifs is 2. The van der Waals surface area contributed by atoms with Crippen molar-refractivity contribution in [2.75, 3.05) is 26.5 Å². The smallest absolute Gasteiger partial charge is 0.254 e. The molecule has 7 nitrogen and oxygen atoms in total. The third-order valence-corrected chi connectivity index (χ3v) is 8.31. The lowest BCUT2D eigenvalue weighted by Crippen LogP contribution is -2.48. The van der Waals surface area contributed by atoms with Crippen LogP contribution in [0.5, 0.6) is 17.2 Å². The molecule has 0 N–H and O–H groups in total. The van der Waals surface area contributed by atoms with Gasteiger partial charge in [-0.3, -0.25) is 9.59 Å². The molecule has 0 bridgehead atoms. The minimum Gasteiger partial charge on any atom is -0.491 e. The highest BCUT2D eigenvalue weighted by atomic mass is 32.1. The Kier molecular flexibility index (Phi) is 6.28. The molecule has 192 valence electrons. The molecule has 1 saturated carbocycles. The molecule has 8 heteroatoms. The van der Waals surface area contributed by atoms with E-state index in [0.717, 1.165) is 36.1 Å². The number of nitrogens with zero attached hydrogens (tertiary/aromatic N) is 2. The van der Waals surface area contributed by atoms with Gasteiger partial charge in [0.25, 0.3) is 5.91 Å². The van der Waals surface area contributed by atoms with Gasteiger partial charge in [-0.25, -0.2) is 0 Å². The van der Waals surface area contributed by atoms with Crippen LogP contribution in [-0.4, -0.2) is 54.1 Å². The van der Waals surface area contributed by atoms with E-state index < -0.39 is 0 Å². The third-order valence-electron chi connectivity index (χ3n) is 7.32. The van der Waals surface area contributed by atoms with Crippen molar-refractivity contribution in [2.24, 2.45) is 0 Å². The normalized spacial score (nSPS) is 17.9. The fraction of sp³-hybridized carbons (Fsp3) is 0.379. The summed E-state index contributed by atoms with van der Waals surface area (Å²) in [6, 6.07) is 13.4. The zero-order chi connectivity index (χ0) is 25.5. The van der Waals surface area contributed by atoms with E-state index in [9.17, 15) is 9.59 Å². The molecule has 2 aliphatic heterocycles. The Labute approximate surface area is 220 Å². The number of benzene rings is 2. The molecular formula is C29H30N2O5S. The van der Waals surface area contributed by atoms with Gasteiger partial charge < -0.3 is 24.0 Å². The van der Waals surface area contributed by atoms with Gasteiger partial charge in [-0.15, -0.1) is 11.3 Å². The van der Waals surface area contributed by atoms with Gasteiger partial charge in [0, 0.05) is 23.0 Å². The van der Waals surface area contributed by atoms with Crippen LogP contribution in [0.4, 0.5) is 0 Å². The second-order valence-electron chi connectivity index (χ2n) is 9.96. The summed E-state index contributed by atoms with van der Waals surface area (Å²) in [4.78, 5) is 32.2. The summed E-state index contributed by atoms with van der Waals surface area (Å²) < 4.78 is 17.1. The molecule has 2 amide bonds. The van der Waals surface area contributed by atoms with Crippen molar-refractivity contribution < 1.29 is 23.8 Å². The number of amides is 2. The van der Waals surface area contributed by atoms with Crippen LogP contribution in [0.15, 0.2) is 47.8 Å². The zero-order valence-corrected chi connectivity index (χ0v) is 21.9. The average molecular weight is 519 g/mol. The van der Waals surface area contributed by atoms with E-state index in [1.807, 2.05) is 24.0 Å². The Morgan fingerprint density at radius 3 is 2.73 bits per heavy atom. The summed E-state index contributed by atoms with van der Waals surface area (Å²) in [5, 5.41) is 2.09. The van der Waals surface area contributed by atoms with E-state index in [-0.39, 0.29) is 37.2 Å². The average Bonchev–Trinajstić information content (AvgIpc) is 3.42. The minimum atomic E-state index is -0.190. The van der Waals surface area contributed by atoms with Gasteiger partial charge in [-0.05, 0) is 79.9 Å². The number of aryl methyl sites for hydroxylation is 2. The lowest BCUT2D eigenvalue weighted by molar-refractivity contribution is -0.135. The van der Waals surface area contributed by atoms with Gasteiger partial charge in [0.05, 0.1) is 6.04 Å². The predicted molar refractivity (Wildman–Crippen MR) is 141 cm³/mol. The van der Waals surface area contributed by atoms with Crippen molar-refractivity contribution in [3.05, 3.63) is 75.0 Å². The van der Waals surface area contributed by atoms with Gasteiger partial charge in [0.2, 0.25) is 12.7 Å². The molecule has 0 radical (unpaired) electrons. The summed E-state index contributed by atoms with van der Waals surface area (Å²) in [5.41, 5.74) is 3.92. The topological polar surface area (TPSA) is 68.3 Å². The summed E-state index contributed by atoms with van der Waals surface area (Å²) in [5.74, 6) is 1.84. The largest absolute Gasteiger partial charge is 0.491 e. The van der Waals surface area contributed by atoms with Crippen LogP contribution in [0.25, 0.3) is 0 Å². The number of carbonyl (C=O) groups is 2. The standard InChI is InChI=1S/C29H30N2O5S/c1-18-3-7-24(19(2)13-18)34-16-23-22-10-12-37-27(22)9-11-30(23)28(32)15-31(21-5-6-21)29(33)20-4-8-25-26(14-20)36-17-35-25/h3-4,7-8,10,12-14,21,23H,5-6,9,11,15-17H2,1-2H3. The van der Waals surface area contributed by atoms with E-state index in [1.54, 1.807) is 34.4 Å². The molecule has 2 aromatic carbocycles. The molecule has 0 saturated heterocycles. The molecule has 0 spiro atoms. The lowest BCUT2D eigenvalue weighted by atomic mass is 10.00. The monoisotopic (exact) mass is 518 g/mol. The number of hydrogen-bond acceptors (Lipinski definition) is 6. The quantitative estimate of drug-likeness (QED) is 0.445. The highest BCUT2D eigenvalue weighted by Gasteiger charge is 2.38. The first-order chi connectivity index (χ1) is 18.0. The predicted octanol–water partition coefficient (Wildman–Crippen LogP) is 4.90. The van der Waals surface area contributed by atoms with Crippen LogP contribution >= 0.6 is 11.3 Å². The second kappa shape index (κ2) is 9.74. The van der Waals surface area contributed by atoms with Crippen LogP contribution in [0.1, 0.15) is 50.8 Å². The van der Waals surface area contributed by atoms with Crippen molar-refractivity contribution >= 4 is 23.2 Å².